The third-order valence-corrected chi connectivity index (χ3v) is 3.65. The molecule has 6 heteroatoms. The first kappa shape index (κ1) is 14.8. The van der Waals surface area contributed by atoms with Crippen molar-refractivity contribution in [3.05, 3.63) is 35.0 Å². The molecule has 0 bridgehead atoms. The van der Waals surface area contributed by atoms with E-state index in [1.165, 1.54) is 11.8 Å². The minimum absolute atomic E-state index is 0.565. The Balaban J connectivity index is 2.62. The van der Waals surface area contributed by atoms with E-state index in [4.69, 9.17) is 11.6 Å². The molecule has 1 N–H and O–H groups in total. The van der Waals surface area contributed by atoms with Gasteiger partial charge in [-0.3, -0.25) is 4.79 Å². The normalized spacial score (nSPS) is 10.3. The largest absolute Gasteiger partial charge is 0.328 e. The molecule has 1 amide bonds. The lowest BCUT2D eigenvalue weighted by molar-refractivity contribution is -0.105. The number of rotatable bonds is 5. The zero-order chi connectivity index (χ0) is 14.5. The van der Waals surface area contributed by atoms with Gasteiger partial charge in [-0.25, -0.2) is 9.97 Å². The zero-order valence-corrected chi connectivity index (χ0v) is 12.8. The second-order valence-electron chi connectivity index (χ2n) is 4.04. The first-order chi connectivity index (χ1) is 9.69. The van der Waals surface area contributed by atoms with Crippen molar-refractivity contribution < 1.29 is 4.79 Å². The molecule has 20 heavy (non-hydrogen) atoms. The minimum Gasteiger partial charge on any atom is -0.328 e. The molecule has 0 radical (unpaired) electrons. The third-order valence-electron chi connectivity index (χ3n) is 2.86. The standard InChI is InChI=1S/C14H14ClN3OS/c1-3-9-7-16-14(20-2)18-13(9)11-5-4-10(15)6-12(11)17-8-19/h4-8H,3H2,1-2H3,(H,17,19). The highest BCUT2D eigenvalue weighted by Gasteiger charge is 2.12. The SMILES string of the molecule is CCc1cnc(SC)nc1-c1ccc(Cl)cc1NC=O. The van der Waals surface area contributed by atoms with Gasteiger partial charge in [0.15, 0.2) is 5.16 Å². The van der Waals surface area contributed by atoms with Crippen LogP contribution in [0.1, 0.15) is 12.5 Å². The number of nitrogens with zero attached hydrogens (tertiary/aromatic N) is 2. The Kier molecular flexibility index (Phi) is 4.98. The number of aromatic nitrogens is 2. The third kappa shape index (κ3) is 3.11. The second-order valence-corrected chi connectivity index (χ2v) is 5.25. The first-order valence-corrected chi connectivity index (χ1v) is 7.69. The van der Waals surface area contributed by atoms with Gasteiger partial charge >= 0.3 is 0 Å². The van der Waals surface area contributed by atoms with Crippen LogP contribution in [0.4, 0.5) is 5.69 Å². The highest BCUT2D eigenvalue weighted by Crippen LogP contribution is 2.32. The van der Waals surface area contributed by atoms with Crippen LogP contribution in [-0.2, 0) is 11.2 Å². The summed E-state index contributed by atoms with van der Waals surface area (Å²) in [4.78, 5) is 19.6. The fourth-order valence-corrected chi connectivity index (χ4v) is 2.40. The van der Waals surface area contributed by atoms with Crippen LogP contribution in [0.25, 0.3) is 11.3 Å². The van der Waals surface area contributed by atoms with Gasteiger partial charge in [-0.05, 0) is 36.4 Å². The average molecular weight is 308 g/mol. The van der Waals surface area contributed by atoms with Crippen molar-refractivity contribution in [1.29, 1.82) is 0 Å². The molecule has 104 valence electrons. The van der Waals surface area contributed by atoms with Crippen molar-refractivity contribution in [3.63, 3.8) is 0 Å². The molecule has 2 rings (SSSR count). The van der Waals surface area contributed by atoms with E-state index < -0.39 is 0 Å². The van der Waals surface area contributed by atoms with Gasteiger partial charge in [0.2, 0.25) is 6.41 Å². The van der Waals surface area contributed by atoms with E-state index in [0.717, 1.165) is 23.2 Å². The van der Waals surface area contributed by atoms with Gasteiger partial charge in [-0.1, -0.05) is 30.3 Å². The predicted molar refractivity (Wildman–Crippen MR) is 83.3 cm³/mol. The predicted octanol–water partition coefficient (Wildman–Crippen LogP) is 3.65. The smallest absolute Gasteiger partial charge is 0.211 e. The van der Waals surface area contributed by atoms with Gasteiger partial charge in [-0.2, -0.15) is 0 Å². The van der Waals surface area contributed by atoms with E-state index in [-0.39, 0.29) is 0 Å². The second kappa shape index (κ2) is 6.72. The van der Waals surface area contributed by atoms with E-state index in [0.29, 0.717) is 22.3 Å². The Morgan fingerprint density at radius 1 is 1.45 bits per heavy atom. The Bertz CT molecular complexity index is 634. The number of thioether (sulfide) groups is 1. The fraction of sp³-hybridized carbons (Fsp3) is 0.214. The molecule has 0 unspecified atom stereocenters. The van der Waals surface area contributed by atoms with Crippen LogP contribution in [0.15, 0.2) is 29.6 Å². The minimum atomic E-state index is 0.565. The average Bonchev–Trinajstić information content (AvgIpc) is 2.47. The van der Waals surface area contributed by atoms with Crippen LogP contribution in [0.5, 0.6) is 0 Å². The van der Waals surface area contributed by atoms with Gasteiger partial charge in [-0.15, -0.1) is 0 Å². The molecule has 0 aliphatic heterocycles. The molecule has 0 atom stereocenters. The maximum Gasteiger partial charge on any atom is 0.211 e. The van der Waals surface area contributed by atoms with Crippen LogP contribution < -0.4 is 5.32 Å². The summed E-state index contributed by atoms with van der Waals surface area (Å²) in [6, 6.07) is 5.36. The Labute approximate surface area is 127 Å². The molecule has 0 saturated heterocycles. The van der Waals surface area contributed by atoms with Crippen LogP contribution in [0.3, 0.4) is 0 Å². The maximum atomic E-state index is 10.8. The zero-order valence-electron chi connectivity index (χ0n) is 11.2. The molecule has 0 aliphatic rings. The van der Waals surface area contributed by atoms with Crippen LogP contribution in [0, 0.1) is 0 Å². The van der Waals surface area contributed by atoms with Gasteiger partial charge in [0.05, 0.1) is 11.4 Å². The summed E-state index contributed by atoms with van der Waals surface area (Å²) in [5.74, 6) is 0. The van der Waals surface area contributed by atoms with E-state index in [1.807, 2.05) is 25.4 Å². The van der Waals surface area contributed by atoms with Gasteiger partial charge in [0.1, 0.15) is 0 Å². The van der Waals surface area contributed by atoms with Gasteiger partial charge < -0.3 is 5.32 Å². The molecule has 0 spiro atoms. The summed E-state index contributed by atoms with van der Waals surface area (Å²) in [6.45, 7) is 2.05. The molecular formula is C14H14ClN3OS. The maximum absolute atomic E-state index is 10.8. The number of halogens is 1. The molecule has 0 aliphatic carbocycles. The molecule has 1 aromatic heterocycles. The van der Waals surface area contributed by atoms with Gasteiger partial charge in [0, 0.05) is 16.8 Å². The van der Waals surface area contributed by atoms with Crippen molar-refractivity contribution in [3.8, 4) is 11.3 Å². The highest BCUT2D eigenvalue weighted by molar-refractivity contribution is 7.98. The number of nitrogens with one attached hydrogen (secondary N) is 1. The number of carbonyl (C=O) groups excluding carboxylic acids is 1. The van der Waals surface area contributed by atoms with Crippen molar-refractivity contribution in [1.82, 2.24) is 9.97 Å². The van der Waals surface area contributed by atoms with E-state index >= 15 is 0 Å². The van der Waals surface area contributed by atoms with Gasteiger partial charge in [0.25, 0.3) is 0 Å². The Morgan fingerprint density at radius 2 is 2.25 bits per heavy atom. The van der Waals surface area contributed by atoms with Crippen LogP contribution in [0.2, 0.25) is 5.02 Å². The summed E-state index contributed by atoms with van der Waals surface area (Å²) in [6.07, 6.45) is 5.20. The first-order valence-electron chi connectivity index (χ1n) is 6.09. The number of carbonyl (C=O) groups is 1. The number of amides is 1. The van der Waals surface area contributed by atoms with Crippen LogP contribution >= 0.6 is 23.4 Å². The molecule has 4 nitrogen and oxygen atoms in total. The summed E-state index contributed by atoms with van der Waals surface area (Å²) in [5.41, 5.74) is 3.34. The molecular weight excluding hydrogens is 294 g/mol. The molecule has 2 aromatic rings. The van der Waals surface area contributed by atoms with E-state index in [2.05, 4.69) is 15.3 Å². The van der Waals surface area contributed by atoms with E-state index in [9.17, 15) is 4.79 Å². The molecule has 1 heterocycles. The van der Waals surface area contributed by atoms with Crippen molar-refractivity contribution in [2.24, 2.45) is 0 Å². The number of aryl methyl sites for hydroxylation is 1. The van der Waals surface area contributed by atoms with Crippen molar-refractivity contribution in [2.75, 3.05) is 11.6 Å². The topological polar surface area (TPSA) is 54.9 Å². The van der Waals surface area contributed by atoms with Crippen molar-refractivity contribution >= 4 is 35.5 Å². The molecule has 0 saturated carbocycles. The summed E-state index contributed by atoms with van der Waals surface area (Å²) in [5, 5.41) is 3.94. The lowest BCUT2D eigenvalue weighted by Gasteiger charge is -2.12. The quantitative estimate of drug-likeness (QED) is 0.520. The van der Waals surface area contributed by atoms with Crippen LogP contribution in [-0.4, -0.2) is 22.6 Å². The highest BCUT2D eigenvalue weighted by atomic mass is 35.5. The summed E-state index contributed by atoms with van der Waals surface area (Å²) < 4.78 is 0. The Hall–Kier alpha value is -1.59. The number of hydrogen-bond donors (Lipinski definition) is 1. The lowest BCUT2D eigenvalue weighted by atomic mass is 10.0. The molecule has 1 aromatic carbocycles. The molecule has 0 fully saturated rings. The lowest BCUT2D eigenvalue weighted by Crippen LogP contribution is -2.01. The summed E-state index contributed by atoms with van der Waals surface area (Å²) >= 11 is 7.46. The number of benzene rings is 1. The number of anilines is 1. The fourth-order valence-electron chi connectivity index (χ4n) is 1.89. The number of hydrogen-bond acceptors (Lipinski definition) is 4. The monoisotopic (exact) mass is 307 g/mol. The van der Waals surface area contributed by atoms with E-state index in [1.54, 1.807) is 12.1 Å². The Morgan fingerprint density at radius 3 is 2.90 bits per heavy atom. The summed E-state index contributed by atoms with van der Waals surface area (Å²) in [7, 11) is 0. The van der Waals surface area contributed by atoms with Crippen molar-refractivity contribution in [2.45, 2.75) is 18.5 Å².